The molecule has 1 aromatic heterocycles. The Kier molecular flexibility index (Phi) is 5.84. The van der Waals surface area contributed by atoms with E-state index in [0.29, 0.717) is 0 Å². The Bertz CT molecular complexity index is 439. The van der Waals surface area contributed by atoms with E-state index in [1.807, 2.05) is 11.7 Å². The fourth-order valence-electron chi connectivity index (χ4n) is 3.20. The van der Waals surface area contributed by atoms with Crippen LogP contribution in [0.3, 0.4) is 0 Å². The summed E-state index contributed by atoms with van der Waals surface area (Å²) < 4.78 is 1.94. The Morgan fingerprint density at radius 1 is 1.35 bits per heavy atom. The molecule has 0 radical (unpaired) electrons. The predicted molar refractivity (Wildman–Crippen MR) is 85.7 cm³/mol. The lowest BCUT2D eigenvalue weighted by atomic mass is 9.83. The minimum absolute atomic E-state index is 0.771. The molecule has 0 saturated heterocycles. The molecule has 0 amide bonds. The van der Waals surface area contributed by atoms with Crippen LogP contribution in [0, 0.1) is 5.92 Å². The minimum Gasteiger partial charge on any atom is -0.313 e. The second-order valence-corrected chi connectivity index (χ2v) is 5.89. The summed E-state index contributed by atoms with van der Waals surface area (Å²) in [5.74, 6) is 0.771. The molecule has 1 fully saturated rings. The quantitative estimate of drug-likeness (QED) is 0.860. The summed E-state index contributed by atoms with van der Waals surface area (Å²) in [7, 11) is 2.01. The highest BCUT2D eigenvalue weighted by molar-refractivity contribution is 5.55. The molecule has 1 saturated carbocycles. The smallest absolute Gasteiger partial charge is 0.0694 e. The van der Waals surface area contributed by atoms with Crippen LogP contribution in [0.1, 0.15) is 57.2 Å². The van der Waals surface area contributed by atoms with Crippen molar-refractivity contribution in [3.8, 4) is 0 Å². The molecule has 1 heterocycles. The Morgan fingerprint density at radius 3 is 2.75 bits per heavy atom. The Morgan fingerprint density at radius 2 is 2.10 bits per heavy atom. The van der Waals surface area contributed by atoms with Crippen LogP contribution in [0.5, 0.6) is 0 Å². The van der Waals surface area contributed by atoms with Crippen LogP contribution >= 0.6 is 0 Å². The molecule has 2 rings (SSSR count). The molecule has 1 N–H and O–H groups in total. The fraction of sp³-hybridized carbons (Fsp3) is 0.706. The van der Waals surface area contributed by atoms with Crippen molar-refractivity contribution in [2.45, 2.75) is 52.4 Å². The van der Waals surface area contributed by atoms with Crippen LogP contribution in [-0.2, 0) is 13.5 Å². The zero-order chi connectivity index (χ0) is 14.4. The van der Waals surface area contributed by atoms with Gasteiger partial charge in [-0.2, -0.15) is 5.10 Å². The van der Waals surface area contributed by atoms with E-state index in [1.165, 1.54) is 43.4 Å². The van der Waals surface area contributed by atoms with Crippen LogP contribution < -0.4 is 5.32 Å². The molecule has 1 aliphatic rings. The number of likely N-dealkylation sites (N-methyl/N-ethyl adjacent to an activating group) is 1. The first-order valence-electron chi connectivity index (χ1n) is 8.18. The van der Waals surface area contributed by atoms with Crippen LogP contribution in [0.25, 0.3) is 6.08 Å². The molecule has 20 heavy (non-hydrogen) atoms. The lowest BCUT2D eigenvalue weighted by molar-refractivity contribution is 0.397. The summed E-state index contributed by atoms with van der Waals surface area (Å²) in [5, 5.41) is 8.07. The van der Waals surface area contributed by atoms with E-state index in [9.17, 15) is 0 Å². The third-order valence-corrected chi connectivity index (χ3v) is 4.32. The molecular weight excluding hydrogens is 246 g/mol. The topological polar surface area (TPSA) is 29.9 Å². The van der Waals surface area contributed by atoms with E-state index in [2.05, 4.69) is 36.5 Å². The van der Waals surface area contributed by atoms with Crippen LogP contribution in [0.15, 0.2) is 11.8 Å². The van der Waals surface area contributed by atoms with E-state index in [0.717, 1.165) is 25.4 Å². The van der Waals surface area contributed by atoms with Crippen molar-refractivity contribution in [2.75, 3.05) is 13.1 Å². The van der Waals surface area contributed by atoms with Crippen molar-refractivity contribution in [3.05, 3.63) is 23.0 Å². The summed E-state index contributed by atoms with van der Waals surface area (Å²) in [6, 6.07) is 0. The van der Waals surface area contributed by atoms with Gasteiger partial charge in [0.05, 0.1) is 5.69 Å². The first kappa shape index (κ1) is 15.3. The Labute approximate surface area is 123 Å². The summed E-state index contributed by atoms with van der Waals surface area (Å²) in [5.41, 5.74) is 4.11. The zero-order valence-electron chi connectivity index (χ0n) is 13.3. The molecule has 1 aliphatic carbocycles. The summed E-state index contributed by atoms with van der Waals surface area (Å²) in [6.07, 6.45) is 12.5. The fourth-order valence-corrected chi connectivity index (χ4v) is 3.20. The van der Waals surface area contributed by atoms with Crippen molar-refractivity contribution >= 4 is 6.08 Å². The number of nitrogens with one attached hydrogen (secondary N) is 1. The van der Waals surface area contributed by atoms with Gasteiger partial charge in [-0.3, -0.25) is 4.68 Å². The molecule has 0 aliphatic heterocycles. The zero-order valence-corrected chi connectivity index (χ0v) is 13.3. The molecule has 0 atom stereocenters. The number of aryl methyl sites for hydroxylation is 2. The largest absolute Gasteiger partial charge is 0.313 e. The highest BCUT2D eigenvalue weighted by Crippen LogP contribution is 2.31. The average molecular weight is 275 g/mol. The lowest BCUT2D eigenvalue weighted by Gasteiger charge is -2.25. The monoisotopic (exact) mass is 275 g/mol. The number of nitrogens with zero attached hydrogens (tertiary/aromatic N) is 2. The third kappa shape index (κ3) is 3.95. The van der Waals surface area contributed by atoms with Gasteiger partial charge < -0.3 is 5.32 Å². The molecule has 0 aromatic carbocycles. The van der Waals surface area contributed by atoms with Gasteiger partial charge in [-0.1, -0.05) is 44.8 Å². The number of rotatable bonds is 6. The number of aromatic nitrogens is 2. The standard InChI is InChI=1S/C17H29N3/c1-4-17-16(13-20(3)19-17)11-15(12-18-5-2)14-9-7-6-8-10-14/h11,13-14,18H,4-10,12H2,1-3H3. The van der Waals surface area contributed by atoms with Crippen LogP contribution in [-0.4, -0.2) is 22.9 Å². The maximum absolute atomic E-state index is 4.56. The highest BCUT2D eigenvalue weighted by Gasteiger charge is 2.18. The molecule has 0 spiro atoms. The average Bonchev–Trinajstić information content (AvgIpc) is 2.84. The minimum atomic E-state index is 0.771. The Hall–Kier alpha value is -1.09. The first-order valence-corrected chi connectivity index (χ1v) is 8.18. The molecule has 3 nitrogen and oxygen atoms in total. The molecule has 112 valence electrons. The summed E-state index contributed by atoms with van der Waals surface area (Å²) in [4.78, 5) is 0. The van der Waals surface area contributed by atoms with E-state index in [-0.39, 0.29) is 0 Å². The predicted octanol–water partition coefficient (Wildman–Crippen LogP) is 3.56. The molecule has 0 bridgehead atoms. The van der Waals surface area contributed by atoms with Gasteiger partial charge in [-0.15, -0.1) is 0 Å². The second kappa shape index (κ2) is 7.63. The number of hydrogen-bond acceptors (Lipinski definition) is 2. The first-order chi connectivity index (χ1) is 9.74. The van der Waals surface area contributed by atoms with E-state index >= 15 is 0 Å². The summed E-state index contributed by atoms with van der Waals surface area (Å²) in [6.45, 7) is 6.43. The van der Waals surface area contributed by atoms with Gasteiger partial charge in [0, 0.05) is 25.4 Å². The van der Waals surface area contributed by atoms with E-state index in [4.69, 9.17) is 0 Å². The number of hydrogen-bond donors (Lipinski definition) is 1. The van der Waals surface area contributed by atoms with Crippen molar-refractivity contribution in [3.63, 3.8) is 0 Å². The van der Waals surface area contributed by atoms with Crippen molar-refractivity contribution < 1.29 is 0 Å². The van der Waals surface area contributed by atoms with Gasteiger partial charge in [-0.05, 0) is 31.7 Å². The van der Waals surface area contributed by atoms with E-state index < -0.39 is 0 Å². The van der Waals surface area contributed by atoms with Crippen LogP contribution in [0.2, 0.25) is 0 Å². The second-order valence-electron chi connectivity index (χ2n) is 5.89. The van der Waals surface area contributed by atoms with Crippen molar-refractivity contribution in [1.82, 2.24) is 15.1 Å². The van der Waals surface area contributed by atoms with E-state index in [1.54, 1.807) is 5.57 Å². The van der Waals surface area contributed by atoms with Gasteiger partial charge in [-0.25, -0.2) is 0 Å². The van der Waals surface area contributed by atoms with Gasteiger partial charge in [0.2, 0.25) is 0 Å². The molecule has 3 heteroatoms. The SMILES string of the molecule is CCNCC(=Cc1cn(C)nc1CC)C1CCCCC1. The molecular formula is C17H29N3. The normalized spacial score (nSPS) is 17.6. The van der Waals surface area contributed by atoms with Gasteiger partial charge in [0.1, 0.15) is 0 Å². The van der Waals surface area contributed by atoms with Crippen molar-refractivity contribution in [2.24, 2.45) is 13.0 Å². The third-order valence-electron chi connectivity index (χ3n) is 4.32. The Balaban J connectivity index is 2.21. The van der Waals surface area contributed by atoms with Gasteiger partial charge in [0.15, 0.2) is 0 Å². The maximum Gasteiger partial charge on any atom is 0.0694 e. The molecule has 1 aromatic rings. The van der Waals surface area contributed by atoms with Crippen LogP contribution in [0.4, 0.5) is 0 Å². The van der Waals surface area contributed by atoms with Crippen molar-refractivity contribution in [1.29, 1.82) is 0 Å². The molecule has 0 unspecified atom stereocenters. The van der Waals surface area contributed by atoms with Gasteiger partial charge >= 0.3 is 0 Å². The lowest BCUT2D eigenvalue weighted by Crippen LogP contribution is -2.22. The van der Waals surface area contributed by atoms with Gasteiger partial charge in [0.25, 0.3) is 0 Å². The summed E-state index contributed by atoms with van der Waals surface area (Å²) >= 11 is 0. The highest BCUT2D eigenvalue weighted by atomic mass is 15.2. The maximum atomic E-state index is 4.56.